The van der Waals surface area contributed by atoms with Crippen LogP contribution >= 0.6 is 0 Å². The predicted molar refractivity (Wildman–Crippen MR) is 227 cm³/mol. The van der Waals surface area contributed by atoms with E-state index in [-0.39, 0.29) is 11.3 Å². The van der Waals surface area contributed by atoms with Gasteiger partial charge in [-0.3, -0.25) is 0 Å². The van der Waals surface area contributed by atoms with E-state index in [1.807, 2.05) is 6.07 Å². The molecule has 0 saturated carbocycles. The van der Waals surface area contributed by atoms with Crippen LogP contribution in [0.4, 0.5) is 0 Å². The van der Waals surface area contributed by atoms with Crippen LogP contribution in [-0.4, -0.2) is 15.0 Å². The monoisotopic (exact) mass is 705 g/mol. The second kappa shape index (κ2) is 13.3. The highest BCUT2D eigenvalue weighted by Crippen LogP contribution is 2.50. The molecule has 0 aliphatic heterocycles. The van der Waals surface area contributed by atoms with Crippen molar-refractivity contribution in [3.8, 4) is 67.3 Å². The molecule has 0 spiro atoms. The van der Waals surface area contributed by atoms with E-state index >= 15 is 0 Å². The fourth-order valence-corrected chi connectivity index (χ4v) is 8.38. The molecule has 1 aromatic heterocycles. The molecule has 3 nitrogen and oxygen atoms in total. The van der Waals surface area contributed by atoms with E-state index < -0.39 is 0 Å². The molecule has 3 heteroatoms. The van der Waals surface area contributed by atoms with Crippen LogP contribution in [0, 0.1) is 0 Å². The topological polar surface area (TPSA) is 38.7 Å². The Morgan fingerprint density at radius 3 is 1.58 bits per heavy atom. The van der Waals surface area contributed by atoms with Gasteiger partial charge in [0.1, 0.15) is 5.82 Å². The second-order valence-electron chi connectivity index (χ2n) is 15.2. The molecule has 1 heterocycles. The van der Waals surface area contributed by atoms with E-state index in [1.165, 1.54) is 66.1 Å². The Labute approximate surface area is 322 Å². The number of hydrogen-bond acceptors (Lipinski definition) is 3. The summed E-state index contributed by atoms with van der Waals surface area (Å²) < 4.78 is 0. The van der Waals surface area contributed by atoms with Crippen LogP contribution in [0.1, 0.15) is 43.1 Å². The molecule has 1 unspecified atom stereocenters. The van der Waals surface area contributed by atoms with Gasteiger partial charge in [-0.05, 0) is 84.6 Å². The molecule has 8 aromatic rings. The molecule has 10 rings (SSSR count). The first kappa shape index (κ1) is 32.9. The third kappa shape index (κ3) is 5.99. The first-order valence-electron chi connectivity index (χ1n) is 19.1. The van der Waals surface area contributed by atoms with E-state index in [2.05, 4.69) is 190 Å². The van der Waals surface area contributed by atoms with Gasteiger partial charge in [-0.15, -0.1) is 0 Å². The minimum absolute atomic E-state index is 0.0503. The number of benzene rings is 7. The summed E-state index contributed by atoms with van der Waals surface area (Å²) in [5.41, 5.74) is 14.2. The molecule has 262 valence electrons. The smallest absolute Gasteiger partial charge is 0.163 e. The standard InChI is InChI=1S/C52H39N3/c1-52(2)47-30-28-42(39-19-17-37(18-20-39)34-11-5-3-6-12-34)32-46(47)45-29-27-44(33-48(45)52)51-54-49(40-24-21-38(22-25-40)35-13-7-4-8-14-35)53-50(55-51)43-26-23-36-15-9-10-16-41(36)31-43/h3-25,27-33,43H,26H2,1-2H3. The summed E-state index contributed by atoms with van der Waals surface area (Å²) in [6.45, 7) is 4.66. The molecule has 55 heavy (non-hydrogen) atoms. The lowest BCUT2D eigenvalue weighted by Gasteiger charge is -2.22. The maximum absolute atomic E-state index is 5.22. The van der Waals surface area contributed by atoms with Crippen molar-refractivity contribution in [2.75, 3.05) is 0 Å². The predicted octanol–water partition coefficient (Wildman–Crippen LogP) is 11.3. The normalized spacial score (nSPS) is 14.9. The van der Waals surface area contributed by atoms with E-state index in [9.17, 15) is 0 Å². The van der Waals surface area contributed by atoms with Gasteiger partial charge >= 0.3 is 0 Å². The molecule has 0 N–H and O–H groups in total. The Hall–Kier alpha value is -6.71. The minimum atomic E-state index is -0.182. The van der Waals surface area contributed by atoms with Crippen molar-refractivity contribution in [2.45, 2.75) is 31.6 Å². The first-order valence-corrected chi connectivity index (χ1v) is 19.1. The third-order valence-corrected chi connectivity index (χ3v) is 11.5. The lowest BCUT2D eigenvalue weighted by Crippen LogP contribution is -2.28. The molecule has 1 atom stereocenters. The maximum Gasteiger partial charge on any atom is 0.163 e. The number of nitrogens with zero attached hydrogens (tertiary/aromatic N) is 3. The Bertz CT molecular complexity index is 2840. The zero-order valence-electron chi connectivity index (χ0n) is 30.9. The highest BCUT2D eigenvalue weighted by Gasteiger charge is 2.36. The Kier molecular flexibility index (Phi) is 7.96. The summed E-state index contributed by atoms with van der Waals surface area (Å²) in [5.74, 6) is 2.24. The largest absolute Gasteiger partial charge is 0.212 e. The molecular formula is C52H39N3. The zero-order chi connectivity index (χ0) is 36.9. The van der Waals surface area contributed by atoms with Crippen molar-refractivity contribution >= 4 is 12.2 Å². The molecule has 2 aliphatic carbocycles. The number of hydrogen-bond donors (Lipinski definition) is 0. The Morgan fingerprint density at radius 1 is 0.418 bits per heavy atom. The second-order valence-corrected chi connectivity index (χ2v) is 15.2. The SMILES string of the molecule is CC1(C)c2ccc(-c3ccc(-c4ccccc4)cc3)cc2-c2ccc(-c3nc(-c4ccc(-c5ccccc5)cc4)nc(C4C=c5ccccc5=CC4)n3)cc21. The van der Waals surface area contributed by atoms with Crippen LogP contribution < -0.4 is 10.4 Å². The van der Waals surface area contributed by atoms with Crippen LogP contribution in [0.25, 0.3) is 79.4 Å². The average Bonchev–Trinajstić information content (AvgIpc) is 3.48. The fraction of sp³-hybridized carbons (Fsp3) is 0.0962. The quantitative estimate of drug-likeness (QED) is 0.173. The van der Waals surface area contributed by atoms with Crippen LogP contribution in [0.3, 0.4) is 0 Å². The van der Waals surface area contributed by atoms with Crippen molar-refractivity contribution in [3.05, 3.63) is 197 Å². The molecule has 0 amide bonds. The van der Waals surface area contributed by atoms with Crippen LogP contribution in [0.2, 0.25) is 0 Å². The fourth-order valence-electron chi connectivity index (χ4n) is 8.38. The Morgan fingerprint density at radius 2 is 0.927 bits per heavy atom. The highest BCUT2D eigenvalue weighted by atomic mass is 15.0. The molecule has 2 aliphatic rings. The third-order valence-electron chi connectivity index (χ3n) is 11.5. The summed E-state index contributed by atoms with van der Waals surface area (Å²) >= 11 is 0. The molecule has 0 radical (unpaired) electrons. The van der Waals surface area contributed by atoms with E-state index in [4.69, 9.17) is 15.0 Å². The minimum Gasteiger partial charge on any atom is -0.212 e. The molecule has 0 fully saturated rings. The van der Waals surface area contributed by atoms with Gasteiger partial charge in [0.2, 0.25) is 0 Å². The van der Waals surface area contributed by atoms with Gasteiger partial charge in [-0.2, -0.15) is 0 Å². The average molecular weight is 706 g/mol. The molecular weight excluding hydrogens is 667 g/mol. The van der Waals surface area contributed by atoms with Crippen molar-refractivity contribution in [1.82, 2.24) is 15.0 Å². The number of aromatic nitrogens is 3. The summed E-state index contributed by atoms with van der Waals surface area (Å²) in [4.78, 5) is 15.5. The van der Waals surface area contributed by atoms with Crippen molar-refractivity contribution in [2.24, 2.45) is 0 Å². The van der Waals surface area contributed by atoms with Gasteiger partial charge in [0.15, 0.2) is 11.6 Å². The maximum atomic E-state index is 5.22. The van der Waals surface area contributed by atoms with Gasteiger partial charge in [-0.1, -0.05) is 184 Å². The van der Waals surface area contributed by atoms with Gasteiger partial charge in [0, 0.05) is 22.5 Å². The van der Waals surface area contributed by atoms with Crippen molar-refractivity contribution in [1.29, 1.82) is 0 Å². The van der Waals surface area contributed by atoms with Crippen LogP contribution in [-0.2, 0) is 5.41 Å². The van der Waals surface area contributed by atoms with E-state index in [1.54, 1.807) is 0 Å². The summed E-state index contributed by atoms with van der Waals surface area (Å²) in [5, 5.41) is 2.48. The zero-order valence-corrected chi connectivity index (χ0v) is 30.9. The van der Waals surface area contributed by atoms with Gasteiger partial charge in [0.25, 0.3) is 0 Å². The van der Waals surface area contributed by atoms with Gasteiger partial charge < -0.3 is 0 Å². The van der Waals surface area contributed by atoms with E-state index in [0.717, 1.165) is 23.4 Å². The number of fused-ring (bicyclic) bond motifs is 4. The Balaban J connectivity index is 1.04. The van der Waals surface area contributed by atoms with Crippen molar-refractivity contribution < 1.29 is 0 Å². The van der Waals surface area contributed by atoms with Crippen LogP contribution in [0.15, 0.2) is 170 Å². The summed E-state index contributed by atoms with van der Waals surface area (Å²) in [7, 11) is 0. The lowest BCUT2D eigenvalue weighted by atomic mass is 9.81. The van der Waals surface area contributed by atoms with Gasteiger partial charge in [0.05, 0.1) is 0 Å². The summed E-state index contributed by atoms with van der Waals surface area (Å²) in [6.07, 6.45) is 5.46. The lowest BCUT2D eigenvalue weighted by molar-refractivity contribution is 0.660. The van der Waals surface area contributed by atoms with Crippen LogP contribution in [0.5, 0.6) is 0 Å². The molecule has 7 aromatic carbocycles. The molecule has 0 bridgehead atoms. The molecule has 0 saturated heterocycles. The van der Waals surface area contributed by atoms with Crippen molar-refractivity contribution in [3.63, 3.8) is 0 Å². The summed E-state index contributed by atoms with van der Waals surface area (Å²) in [6, 6.07) is 60.8. The first-order chi connectivity index (χ1) is 27.0. The van der Waals surface area contributed by atoms with Gasteiger partial charge in [-0.25, -0.2) is 15.0 Å². The number of rotatable bonds is 6. The highest BCUT2D eigenvalue weighted by molar-refractivity contribution is 5.86. The van der Waals surface area contributed by atoms with E-state index in [0.29, 0.717) is 11.6 Å².